The summed E-state index contributed by atoms with van der Waals surface area (Å²) in [5.74, 6) is -1.45. The normalized spacial score (nSPS) is 17.1. The fourth-order valence-electron chi connectivity index (χ4n) is 3.97. The van der Waals surface area contributed by atoms with Gasteiger partial charge in [-0.1, -0.05) is 30.3 Å². The number of aldehydes is 1. The Morgan fingerprint density at radius 1 is 1.18 bits per heavy atom. The summed E-state index contributed by atoms with van der Waals surface area (Å²) in [5, 5.41) is 8.18. The molecule has 1 aromatic carbocycles. The van der Waals surface area contributed by atoms with E-state index >= 15 is 0 Å². The van der Waals surface area contributed by atoms with Crippen LogP contribution in [-0.4, -0.2) is 52.0 Å². The van der Waals surface area contributed by atoms with Gasteiger partial charge in [-0.15, -0.1) is 0 Å². The molecule has 0 aliphatic carbocycles. The Balaban J connectivity index is 1.50. The number of pyridine rings is 1. The maximum absolute atomic E-state index is 13.1. The van der Waals surface area contributed by atoms with Crippen LogP contribution in [0.2, 0.25) is 0 Å². The molecule has 176 valence electrons. The SMILES string of the molecule is O=CC(C[C@@H]1CCNC1=O)NC(=O)[C@H](Cc1ccccc1)NC(=O)c1cn2cc(Br)ccc2n1. The molecular formula is C24H24BrN5O4. The molecule has 10 heteroatoms. The van der Waals surface area contributed by atoms with E-state index in [0.717, 1.165) is 10.0 Å². The van der Waals surface area contributed by atoms with Gasteiger partial charge >= 0.3 is 0 Å². The van der Waals surface area contributed by atoms with Crippen molar-refractivity contribution < 1.29 is 19.2 Å². The minimum absolute atomic E-state index is 0.117. The van der Waals surface area contributed by atoms with Gasteiger partial charge < -0.3 is 25.1 Å². The number of benzene rings is 1. The maximum atomic E-state index is 13.1. The minimum atomic E-state index is -0.939. The Morgan fingerprint density at radius 3 is 2.68 bits per heavy atom. The molecule has 4 rings (SSSR count). The lowest BCUT2D eigenvalue weighted by molar-refractivity contribution is -0.127. The van der Waals surface area contributed by atoms with E-state index in [4.69, 9.17) is 0 Å². The highest BCUT2D eigenvalue weighted by Gasteiger charge is 2.30. The molecule has 34 heavy (non-hydrogen) atoms. The molecule has 1 unspecified atom stereocenters. The van der Waals surface area contributed by atoms with Gasteiger partial charge in [0.2, 0.25) is 11.8 Å². The molecule has 3 atom stereocenters. The van der Waals surface area contributed by atoms with Gasteiger partial charge in [0, 0.05) is 35.7 Å². The molecule has 1 saturated heterocycles. The van der Waals surface area contributed by atoms with Crippen molar-refractivity contribution in [1.29, 1.82) is 0 Å². The van der Waals surface area contributed by atoms with Crippen molar-refractivity contribution in [2.24, 2.45) is 5.92 Å². The summed E-state index contributed by atoms with van der Waals surface area (Å²) in [4.78, 5) is 54.0. The van der Waals surface area contributed by atoms with Crippen molar-refractivity contribution in [3.63, 3.8) is 0 Å². The number of nitrogens with zero attached hydrogens (tertiary/aromatic N) is 2. The monoisotopic (exact) mass is 525 g/mol. The smallest absolute Gasteiger partial charge is 0.272 e. The van der Waals surface area contributed by atoms with Gasteiger partial charge in [0.05, 0.1) is 6.04 Å². The number of carbonyl (C=O) groups is 4. The zero-order chi connectivity index (χ0) is 24.1. The molecule has 3 heterocycles. The van der Waals surface area contributed by atoms with Crippen molar-refractivity contribution in [3.8, 4) is 0 Å². The van der Waals surface area contributed by atoms with Crippen LogP contribution in [0, 0.1) is 5.92 Å². The van der Waals surface area contributed by atoms with Crippen LogP contribution in [-0.2, 0) is 20.8 Å². The maximum Gasteiger partial charge on any atom is 0.272 e. The van der Waals surface area contributed by atoms with Crippen molar-refractivity contribution >= 4 is 45.6 Å². The predicted octanol–water partition coefficient (Wildman–Crippen LogP) is 1.65. The number of hydrogen-bond acceptors (Lipinski definition) is 5. The largest absolute Gasteiger partial charge is 0.356 e. The number of amides is 3. The summed E-state index contributed by atoms with van der Waals surface area (Å²) < 4.78 is 2.54. The molecule has 3 amide bonds. The van der Waals surface area contributed by atoms with E-state index in [1.165, 1.54) is 0 Å². The number of aromatic nitrogens is 2. The molecule has 1 aliphatic rings. The number of rotatable bonds is 9. The van der Waals surface area contributed by atoms with E-state index in [9.17, 15) is 19.2 Å². The number of fused-ring (bicyclic) bond motifs is 1. The molecule has 3 aromatic rings. The molecule has 0 saturated carbocycles. The van der Waals surface area contributed by atoms with Crippen molar-refractivity contribution in [3.05, 3.63) is 70.6 Å². The first-order chi connectivity index (χ1) is 16.4. The number of imidazole rings is 1. The highest BCUT2D eigenvalue weighted by Crippen LogP contribution is 2.16. The molecule has 0 radical (unpaired) electrons. The van der Waals surface area contributed by atoms with Gasteiger partial charge in [-0.3, -0.25) is 14.4 Å². The van der Waals surface area contributed by atoms with Gasteiger partial charge in [-0.05, 0) is 46.5 Å². The van der Waals surface area contributed by atoms with E-state index in [0.29, 0.717) is 24.9 Å². The van der Waals surface area contributed by atoms with Crippen LogP contribution in [0.25, 0.3) is 5.65 Å². The topological polar surface area (TPSA) is 122 Å². The summed E-state index contributed by atoms with van der Waals surface area (Å²) in [7, 11) is 0. The molecule has 2 aromatic heterocycles. The predicted molar refractivity (Wildman–Crippen MR) is 128 cm³/mol. The summed E-state index contributed by atoms with van der Waals surface area (Å²) >= 11 is 3.38. The second kappa shape index (κ2) is 10.6. The summed E-state index contributed by atoms with van der Waals surface area (Å²) in [6, 6.07) is 11.1. The highest BCUT2D eigenvalue weighted by atomic mass is 79.9. The van der Waals surface area contributed by atoms with Gasteiger partial charge in [-0.2, -0.15) is 0 Å². The van der Waals surface area contributed by atoms with E-state index in [1.807, 2.05) is 36.4 Å². The Bertz CT molecular complexity index is 1210. The summed E-state index contributed by atoms with van der Waals surface area (Å²) in [5.41, 5.74) is 1.60. The van der Waals surface area contributed by atoms with Crippen LogP contribution < -0.4 is 16.0 Å². The lowest BCUT2D eigenvalue weighted by Crippen LogP contribution is -2.51. The Hall–Kier alpha value is -3.53. The van der Waals surface area contributed by atoms with Gasteiger partial charge in [0.15, 0.2) is 0 Å². The first-order valence-electron chi connectivity index (χ1n) is 11.0. The Kier molecular flexibility index (Phi) is 7.36. The van der Waals surface area contributed by atoms with Crippen molar-refractivity contribution in [2.45, 2.75) is 31.3 Å². The van der Waals surface area contributed by atoms with Crippen molar-refractivity contribution in [2.75, 3.05) is 6.54 Å². The molecule has 0 bridgehead atoms. The fraction of sp³-hybridized carbons (Fsp3) is 0.292. The molecule has 9 nitrogen and oxygen atoms in total. The Labute approximate surface area is 204 Å². The van der Waals surface area contributed by atoms with E-state index in [-0.39, 0.29) is 30.4 Å². The van der Waals surface area contributed by atoms with Gasteiger partial charge in [-0.25, -0.2) is 4.98 Å². The summed E-state index contributed by atoms with van der Waals surface area (Å²) in [6.07, 6.45) is 5.06. The second-order valence-electron chi connectivity index (χ2n) is 8.22. The van der Waals surface area contributed by atoms with E-state index < -0.39 is 23.9 Å². The number of halogens is 1. The van der Waals surface area contributed by atoms with Gasteiger partial charge in [0.1, 0.15) is 23.7 Å². The fourth-order valence-corrected chi connectivity index (χ4v) is 4.33. The Morgan fingerprint density at radius 2 is 1.97 bits per heavy atom. The van der Waals surface area contributed by atoms with E-state index in [1.54, 1.807) is 22.9 Å². The zero-order valence-electron chi connectivity index (χ0n) is 18.2. The van der Waals surface area contributed by atoms with Crippen LogP contribution in [0.4, 0.5) is 0 Å². The first kappa shape index (κ1) is 23.6. The third kappa shape index (κ3) is 5.69. The van der Waals surface area contributed by atoms with Gasteiger partial charge in [0.25, 0.3) is 5.91 Å². The highest BCUT2D eigenvalue weighted by molar-refractivity contribution is 9.10. The molecular weight excluding hydrogens is 502 g/mol. The van der Waals surface area contributed by atoms with Crippen LogP contribution >= 0.6 is 15.9 Å². The average Bonchev–Trinajstić information content (AvgIpc) is 3.44. The standard InChI is InChI=1S/C24H24BrN5O4/c25-17-6-7-21-28-20(13-30(21)12-17)24(34)29-19(10-15-4-2-1-3-5-15)23(33)27-18(14-31)11-16-8-9-26-22(16)32/h1-7,12-14,16,18-19H,8-11H2,(H,26,32)(H,27,33)(H,29,34)/t16-,18?,19-/m0/s1. The molecule has 3 N–H and O–H groups in total. The second-order valence-corrected chi connectivity index (χ2v) is 9.13. The third-order valence-corrected chi connectivity index (χ3v) is 6.21. The van der Waals surface area contributed by atoms with E-state index in [2.05, 4.69) is 36.9 Å². The minimum Gasteiger partial charge on any atom is -0.356 e. The quantitative estimate of drug-likeness (QED) is 0.366. The third-order valence-electron chi connectivity index (χ3n) is 5.75. The lowest BCUT2D eigenvalue weighted by Gasteiger charge is -2.21. The lowest BCUT2D eigenvalue weighted by atomic mass is 9.98. The number of nitrogens with one attached hydrogen (secondary N) is 3. The van der Waals surface area contributed by atoms with Crippen LogP contribution in [0.5, 0.6) is 0 Å². The van der Waals surface area contributed by atoms with Crippen LogP contribution in [0.1, 0.15) is 28.9 Å². The van der Waals surface area contributed by atoms with Crippen LogP contribution in [0.15, 0.2) is 59.3 Å². The zero-order valence-corrected chi connectivity index (χ0v) is 19.8. The summed E-state index contributed by atoms with van der Waals surface area (Å²) in [6.45, 7) is 0.561. The molecule has 0 spiro atoms. The van der Waals surface area contributed by atoms with Crippen molar-refractivity contribution in [1.82, 2.24) is 25.3 Å². The molecule has 1 aliphatic heterocycles. The average molecular weight is 526 g/mol. The number of carbonyl (C=O) groups excluding carboxylic acids is 4. The molecule has 1 fully saturated rings. The number of hydrogen-bond donors (Lipinski definition) is 3. The first-order valence-corrected chi connectivity index (χ1v) is 11.7. The van der Waals surface area contributed by atoms with Crippen LogP contribution in [0.3, 0.4) is 0 Å².